The van der Waals surface area contributed by atoms with E-state index in [0.29, 0.717) is 24.5 Å². The summed E-state index contributed by atoms with van der Waals surface area (Å²) in [4.78, 5) is 0. The van der Waals surface area contributed by atoms with Gasteiger partial charge in [-0.15, -0.1) is 0 Å². The molecule has 82 valence electrons. The Labute approximate surface area is 87.8 Å². The third-order valence-corrected chi connectivity index (χ3v) is 2.27. The van der Waals surface area contributed by atoms with Crippen LogP contribution in [0.2, 0.25) is 0 Å². The largest absolute Gasteiger partial charge is 0.496 e. The summed E-state index contributed by atoms with van der Waals surface area (Å²) in [6.07, 6.45) is 0.359. The van der Waals surface area contributed by atoms with E-state index in [-0.39, 0.29) is 5.82 Å². The van der Waals surface area contributed by atoms with Crippen LogP contribution >= 0.6 is 0 Å². The molecule has 1 fully saturated rings. The molecule has 0 saturated carbocycles. The molecule has 3 nitrogen and oxygen atoms in total. The van der Waals surface area contributed by atoms with Crippen LogP contribution in [0.15, 0.2) is 18.2 Å². The van der Waals surface area contributed by atoms with Crippen LogP contribution in [0.4, 0.5) is 4.39 Å². The van der Waals surface area contributed by atoms with Crippen LogP contribution in [0.3, 0.4) is 0 Å². The van der Waals surface area contributed by atoms with Gasteiger partial charge in [0.25, 0.3) is 0 Å². The molecule has 0 spiro atoms. The van der Waals surface area contributed by atoms with Crippen LogP contribution < -0.4 is 4.74 Å². The van der Waals surface area contributed by atoms with Gasteiger partial charge in [-0.2, -0.15) is 0 Å². The van der Waals surface area contributed by atoms with Crippen molar-refractivity contribution in [2.75, 3.05) is 20.3 Å². The number of hydrogen-bond acceptors (Lipinski definition) is 3. The summed E-state index contributed by atoms with van der Waals surface area (Å²) in [5, 5.41) is 0. The van der Waals surface area contributed by atoms with E-state index in [0.717, 1.165) is 6.42 Å². The Morgan fingerprint density at radius 3 is 2.73 bits per heavy atom. The maximum absolute atomic E-state index is 13.1. The molecule has 1 aliphatic heterocycles. The van der Waals surface area contributed by atoms with E-state index in [4.69, 9.17) is 14.2 Å². The predicted octanol–water partition coefficient (Wildman–Crippen LogP) is 2.27. The van der Waals surface area contributed by atoms with E-state index in [1.54, 1.807) is 13.2 Å². The van der Waals surface area contributed by atoms with Gasteiger partial charge in [-0.05, 0) is 24.6 Å². The highest BCUT2D eigenvalue weighted by Gasteiger charge is 2.20. The normalized spacial score (nSPS) is 17.7. The highest BCUT2D eigenvalue weighted by Crippen LogP contribution is 2.31. The van der Waals surface area contributed by atoms with Crippen molar-refractivity contribution in [3.05, 3.63) is 29.6 Å². The van der Waals surface area contributed by atoms with Gasteiger partial charge >= 0.3 is 0 Å². The number of ether oxygens (including phenoxy) is 3. The van der Waals surface area contributed by atoms with Crippen LogP contribution in [0.25, 0.3) is 0 Å². The molecule has 4 heteroatoms. The zero-order chi connectivity index (χ0) is 10.7. The Morgan fingerprint density at radius 2 is 2.07 bits per heavy atom. The molecule has 1 aromatic carbocycles. The second kappa shape index (κ2) is 4.59. The molecule has 0 aromatic heterocycles. The van der Waals surface area contributed by atoms with Crippen LogP contribution in [-0.2, 0) is 9.47 Å². The Bertz CT molecular complexity index is 335. The first-order valence-electron chi connectivity index (χ1n) is 4.88. The van der Waals surface area contributed by atoms with E-state index in [2.05, 4.69) is 0 Å². The highest BCUT2D eigenvalue weighted by molar-refractivity contribution is 5.35. The molecule has 0 amide bonds. The number of benzene rings is 1. The van der Waals surface area contributed by atoms with E-state index in [9.17, 15) is 4.39 Å². The van der Waals surface area contributed by atoms with Gasteiger partial charge in [0.1, 0.15) is 11.6 Å². The number of rotatable bonds is 2. The monoisotopic (exact) mass is 212 g/mol. The molecule has 15 heavy (non-hydrogen) atoms. The Balaban J connectivity index is 2.27. The third-order valence-electron chi connectivity index (χ3n) is 2.27. The first-order chi connectivity index (χ1) is 7.31. The summed E-state index contributed by atoms with van der Waals surface area (Å²) in [5.41, 5.74) is 0.609. The van der Waals surface area contributed by atoms with Crippen LogP contribution in [-0.4, -0.2) is 20.3 Å². The molecule has 0 aliphatic carbocycles. The zero-order valence-corrected chi connectivity index (χ0v) is 8.53. The molecule has 2 rings (SSSR count). The molecule has 1 aliphatic rings. The summed E-state index contributed by atoms with van der Waals surface area (Å²) in [7, 11) is 1.54. The Kier molecular flexibility index (Phi) is 3.18. The van der Waals surface area contributed by atoms with Gasteiger partial charge in [-0.3, -0.25) is 0 Å². The molecule has 1 saturated heterocycles. The van der Waals surface area contributed by atoms with Crippen molar-refractivity contribution in [2.45, 2.75) is 12.7 Å². The van der Waals surface area contributed by atoms with E-state index < -0.39 is 6.29 Å². The SMILES string of the molecule is COc1ccc(F)cc1C1OCCCO1. The highest BCUT2D eigenvalue weighted by atomic mass is 19.1. The summed E-state index contributed by atoms with van der Waals surface area (Å²) < 4.78 is 29.0. The smallest absolute Gasteiger partial charge is 0.187 e. The minimum atomic E-state index is -0.510. The average Bonchev–Trinajstić information content (AvgIpc) is 2.30. The van der Waals surface area contributed by atoms with Crippen molar-refractivity contribution < 1.29 is 18.6 Å². The molecule has 0 radical (unpaired) electrons. The fraction of sp³-hybridized carbons (Fsp3) is 0.455. The fourth-order valence-corrected chi connectivity index (χ4v) is 1.56. The predicted molar refractivity (Wildman–Crippen MR) is 52.2 cm³/mol. The van der Waals surface area contributed by atoms with Gasteiger partial charge in [0.2, 0.25) is 0 Å². The summed E-state index contributed by atoms with van der Waals surface area (Å²) in [6, 6.07) is 4.31. The molecule has 1 aromatic rings. The molecule has 0 N–H and O–H groups in total. The number of hydrogen-bond donors (Lipinski definition) is 0. The van der Waals surface area contributed by atoms with Crippen LogP contribution in [0.5, 0.6) is 5.75 Å². The van der Waals surface area contributed by atoms with E-state index in [1.807, 2.05) is 0 Å². The number of halogens is 1. The van der Waals surface area contributed by atoms with E-state index >= 15 is 0 Å². The van der Waals surface area contributed by atoms with Gasteiger partial charge < -0.3 is 14.2 Å². The maximum atomic E-state index is 13.1. The maximum Gasteiger partial charge on any atom is 0.187 e. The minimum absolute atomic E-state index is 0.316. The van der Waals surface area contributed by atoms with Crippen molar-refractivity contribution in [1.29, 1.82) is 0 Å². The van der Waals surface area contributed by atoms with E-state index in [1.165, 1.54) is 12.1 Å². The second-order valence-corrected chi connectivity index (χ2v) is 3.31. The van der Waals surface area contributed by atoms with Gasteiger partial charge in [-0.25, -0.2) is 4.39 Å². The first-order valence-corrected chi connectivity index (χ1v) is 4.88. The quantitative estimate of drug-likeness (QED) is 0.752. The lowest BCUT2D eigenvalue weighted by Gasteiger charge is -2.24. The van der Waals surface area contributed by atoms with Gasteiger partial charge in [0.15, 0.2) is 6.29 Å². The lowest BCUT2D eigenvalue weighted by atomic mass is 10.2. The Hall–Kier alpha value is -1.13. The molecule has 1 heterocycles. The summed E-state index contributed by atoms with van der Waals surface area (Å²) in [5.74, 6) is 0.270. The molecular weight excluding hydrogens is 199 g/mol. The summed E-state index contributed by atoms with van der Waals surface area (Å²) in [6.45, 7) is 1.26. The standard InChI is InChI=1S/C11H13FO3/c1-13-10-4-3-8(12)7-9(10)11-14-5-2-6-15-11/h3-4,7,11H,2,5-6H2,1H3. The van der Waals surface area contributed by atoms with Gasteiger partial charge in [0.05, 0.1) is 25.9 Å². The van der Waals surface area contributed by atoms with Crippen molar-refractivity contribution in [3.8, 4) is 5.75 Å². The topological polar surface area (TPSA) is 27.7 Å². The van der Waals surface area contributed by atoms with Crippen molar-refractivity contribution in [1.82, 2.24) is 0 Å². The number of methoxy groups -OCH3 is 1. The van der Waals surface area contributed by atoms with Crippen LogP contribution in [0.1, 0.15) is 18.3 Å². The molecule has 0 atom stereocenters. The van der Waals surface area contributed by atoms with Crippen molar-refractivity contribution in [3.63, 3.8) is 0 Å². The Morgan fingerprint density at radius 1 is 1.33 bits per heavy atom. The van der Waals surface area contributed by atoms with Crippen molar-refractivity contribution >= 4 is 0 Å². The average molecular weight is 212 g/mol. The third kappa shape index (κ3) is 2.27. The van der Waals surface area contributed by atoms with Crippen LogP contribution in [0, 0.1) is 5.82 Å². The minimum Gasteiger partial charge on any atom is -0.496 e. The summed E-state index contributed by atoms with van der Waals surface area (Å²) >= 11 is 0. The lowest BCUT2D eigenvalue weighted by molar-refractivity contribution is -0.183. The second-order valence-electron chi connectivity index (χ2n) is 3.31. The van der Waals surface area contributed by atoms with Gasteiger partial charge in [0, 0.05) is 0 Å². The fourth-order valence-electron chi connectivity index (χ4n) is 1.56. The first kappa shape index (κ1) is 10.4. The molecular formula is C11H13FO3. The van der Waals surface area contributed by atoms with Crippen molar-refractivity contribution in [2.24, 2.45) is 0 Å². The lowest BCUT2D eigenvalue weighted by Crippen LogP contribution is -2.18. The zero-order valence-electron chi connectivity index (χ0n) is 8.53. The van der Waals surface area contributed by atoms with Gasteiger partial charge in [-0.1, -0.05) is 0 Å². The molecule has 0 unspecified atom stereocenters. The molecule has 0 bridgehead atoms.